The Balaban J connectivity index is 2.37. The van der Waals surface area contributed by atoms with Gasteiger partial charge in [0.15, 0.2) is 0 Å². The Kier molecular flexibility index (Phi) is 2.21. The van der Waals surface area contributed by atoms with E-state index in [1.165, 1.54) is 0 Å². The van der Waals surface area contributed by atoms with Crippen LogP contribution in [-0.2, 0) is 0 Å². The standard InChI is InChI=1S/C6H14N4/c1-5(2)6-4-10(7-3)9-8-6/h5-7H,4H2,1-3H3. The Morgan fingerprint density at radius 3 is 2.60 bits per heavy atom. The largest absolute Gasteiger partial charge is 0.220 e. The molecule has 1 N–H and O–H groups in total. The summed E-state index contributed by atoms with van der Waals surface area (Å²) < 4.78 is 0. The minimum absolute atomic E-state index is 0.368. The first kappa shape index (κ1) is 7.47. The fraction of sp³-hybridized carbons (Fsp3) is 1.00. The van der Waals surface area contributed by atoms with Crippen LogP contribution >= 0.6 is 0 Å². The smallest absolute Gasteiger partial charge is 0.0961 e. The molecule has 1 heterocycles. The van der Waals surface area contributed by atoms with Crippen molar-refractivity contribution in [3.05, 3.63) is 0 Å². The van der Waals surface area contributed by atoms with Crippen molar-refractivity contribution in [2.75, 3.05) is 13.6 Å². The maximum absolute atomic E-state index is 4.08. The highest BCUT2D eigenvalue weighted by Gasteiger charge is 2.20. The topological polar surface area (TPSA) is 40.0 Å². The Labute approximate surface area is 61.3 Å². The van der Waals surface area contributed by atoms with Gasteiger partial charge in [-0.3, -0.25) is 0 Å². The fourth-order valence-electron chi connectivity index (χ4n) is 0.859. The predicted octanol–water partition coefficient (Wildman–Crippen LogP) is 0.828. The molecule has 0 aliphatic carbocycles. The zero-order valence-electron chi connectivity index (χ0n) is 6.70. The van der Waals surface area contributed by atoms with Gasteiger partial charge in [-0.1, -0.05) is 19.1 Å². The average molecular weight is 142 g/mol. The zero-order chi connectivity index (χ0) is 7.56. The summed E-state index contributed by atoms with van der Waals surface area (Å²) in [5.41, 5.74) is 2.92. The molecule has 10 heavy (non-hydrogen) atoms. The first-order valence-electron chi connectivity index (χ1n) is 3.59. The van der Waals surface area contributed by atoms with Crippen LogP contribution in [0.5, 0.6) is 0 Å². The molecular formula is C6H14N4. The summed E-state index contributed by atoms with van der Waals surface area (Å²) >= 11 is 0. The van der Waals surface area contributed by atoms with Crippen LogP contribution in [0.25, 0.3) is 0 Å². The third-order valence-electron chi connectivity index (χ3n) is 1.70. The summed E-state index contributed by atoms with van der Waals surface area (Å²) in [6.07, 6.45) is 0. The Bertz CT molecular complexity index is 132. The van der Waals surface area contributed by atoms with Crippen molar-refractivity contribution in [2.24, 2.45) is 16.3 Å². The molecule has 4 heteroatoms. The van der Waals surface area contributed by atoms with Gasteiger partial charge in [-0.15, -0.1) is 0 Å². The molecular weight excluding hydrogens is 128 g/mol. The molecule has 1 aliphatic rings. The molecule has 0 fully saturated rings. The molecule has 0 radical (unpaired) electrons. The molecule has 1 unspecified atom stereocenters. The van der Waals surface area contributed by atoms with E-state index in [1.54, 1.807) is 5.12 Å². The highest BCUT2D eigenvalue weighted by molar-refractivity contribution is 4.74. The third-order valence-corrected chi connectivity index (χ3v) is 1.70. The zero-order valence-corrected chi connectivity index (χ0v) is 6.70. The average Bonchev–Trinajstić information content (AvgIpc) is 2.34. The molecule has 4 nitrogen and oxygen atoms in total. The lowest BCUT2D eigenvalue weighted by Crippen LogP contribution is -2.32. The third kappa shape index (κ3) is 1.44. The van der Waals surface area contributed by atoms with Gasteiger partial charge in [0, 0.05) is 7.05 Å². The van der Waals surface area contributed by atoms with Crippen molar-refractivity contribution in [1.29, 1.82) is 0 Å². The van der Waals surface area contributed by atoms with Crippen molar-refractivity contribution < 1.29 is 0 Å². The van der Waals surface area contributed by atoms with E-state index in [0.29, 0.717) is 12.0 Å². The van der Waals surface area contributed by atoms with Crippen LogP contribution in [0.1, 0.15) is 13.8 Å². The second-order valence-electron chi connectivity index (χ2n) is 2.82. The molecule has 0 amide bonds. The highest BCUT2D eigenvalue weighted by atomic mass is 15.8. The maximum atomic E-state index is 4.08. The van der Waals surface area contributed by atoms with Crippen LogP contribution in [-0.4, -0.2) is 24.8 Å². The van der Waals surface area contributed by atoms with E-state index >= 15 is 0 Å². The summed E-state index contributed by atoms with van der Waals surface area (Å²) in [6, 6.07) is 0.368. The normalized spacial score (nSPS) is 24.8. The van der Waals surface area contributed by atoms with Crippen LogP contribution < -0.4 is 5.43 Å². The van der Waals surface area contributed by atoms with Gasteiger partial charge in [0.25, 0.3) is 0 Å². The lowest BCUT2D eigenvalue weighted by molar-refractivity contribution is 0.228. The van der Waals surface area contributed by atoms with Gasteiger partial charge in [0.1, 0.15) is 0 Å². The number of hydrazine groups is 1. The van der Waals surface area contributed by atoms with E-state index in [-0.39, 0.29) is 0 Å². The van der Waals surface area contributed by atoms with Crippen LogP contribution in [0.15, 0.2) is 10.3 Å². The summed E-state index contributed by atoms with van der Waals surface area (Å²) in [4.78, 5) is 0. The lowest BCUT2D eigenvalue weighted by atomic mass is 10.1. The Hall–Kier alpha value is -0.640. The molecule has 58 valence electrons. The molecule has 0 bridgehead atoms. The van der Waals surface area contributed by atoms with Gasteiger partial charge in [-0.05, 0) is 5.92 Å². The molecule has 0 aromatic rings. The van der Waals surface area contributed by atoms with Gasteiger partial charge in [-0.2, -0.15) is 5.11 Å². The van der Waals surface area contributed by atoms with Gasteiger partial charge >= 0.3 is 0 Å². The molecule has 0 saturated carbocycles. The van der Waals surface area contributed by atoms with Gasteiger partial charge in [-0.25, -0.2) is 10.5 Å². The van der Waals surface area contributed by atoms with Gasteiger partial charge in [0.05, 0.1) is 12.6 Å². The minimum Gasteiger partial charge on any atom is -0.220 e. The number of hydrogen-bond acceptors (Lipinski definition) is 4. The SMILES string of the molecule is CNN1CC(C(C)C)N=N1. The summed E-state index contributed by atoms with van der Waals surface area (Å²) in [5.74, 6) is 0.585. The van der Waals surface area contributed by atoms with E-state index in [4.69, 9.17) is 0 Å². The van der Waals surface area contributed by atoms with Crippen molar-refractivity contribution in [2.45, 2.75) is 19.9 Å². The molecule has 1 rings (SSSR count). The minimum atomic E-state index is 0.368. The maximum Gasteiger partial charge on any atom is 0.0961 e. The summed E-state index contributed by atoms with van der Waals surface area (Å²) in [7, 11) is 1.85. The molecule has 0 aromatic carbocycles. The predicted molar refractivity (Wildman–Crippen MR) is 39.2 cm³/mol. The highest BCUT2D eigenvalue weighted by Crippen LogP contribution is 2.13. The van der Waals surface area contributed by atoms with Crippen LogP contribution in [0.4, 0.5) is 0 Å². The van der Waals surface area contributed by atoms with Crippen molar-refractivity contribution in [3.63, 3.8) is 0 Å². The molecule has 0 spiro atoms. The first-order valence-corrected chi connectivity index (χ1v) is 3.59. The first-order chi connectivity index (χ1) is 4.74. The van der Waals surface area contributed by atoms with E-state index < -0.39 is 0 Å². The molecule has 0 aromatic heterocycles. The van der Waals surface area contributed by atoms with E-state index in [0.717, 1.165) is 6.54 Å². The molecule has 0 saturated heterocycles. The van der Waals surface area contributed by atoms with E-state index in [1.807, 2.05) is 7.05 Å². The molecule has 1 aliphatic heterocycles. The van der Waals surface area contributed by atoms with Crippen molar-refractivity contribution >= 4 is 0 Å². The molecule has 1 atom stereocenters. The van der Waals surface area contributed by atoms with Gasteiger partial charge < -0.3 is 0 Å². The fourth-order valence-corrected chi connectivity index (χ4v) is 0.859. The number of nitrogens with one attached hydrogen (secondary N) is 1. The van der Waals surface area contributed by atoms with Crippen molar-refractivity contribution in [1.82, 2.24) is 10.5 Å². The summed E-state index contributed by atoms with van der Waals surface area (Å²) in [5, 5.41) is 9.73. The number of hydrogen-bond donors (Lipinski definition) is 1. The summed E-state index contributed by atoms with van der Waals surface area (Å²) in [6.45, 7) is 5.21. The van der Waals surface area contributed by atoms with Crippen LogP contribution in [0.3, 0.4) is 0 Å². The van der Waals surface area contributed by atoms with Crippen molar-refractivity contribution in [3.8, 4) is 0 Å². The van der Waals surface area contributed by atoms with Crippen LogP contribution in [0.2, 0.25) is 0 Å². The second-order valence-corrected chi connectivity index (χ2v) is 2.82. The van der Waals surface area contributed by atoms with E-state index in [2.05, 4.69) is 29.6 Å². The second kappa shape index (κ2) is 2.96. The van der Waals surface area contributed by atoms with Gasteiger partial charge in [0.2, 0.25) is 0 Å². The Morgan fingerprint density at radius 2 is 2.30 bits per heavy atom. The monoisotopic (exact) mass is 142 g/mol. The number of rotatable bonds is 2. The lowest BCUT2D eigenvalue weighted by Gasteiger charge is -2.12. The quantitative estimate of drug-likeness (QED) is 0.620. The Morgan fingerprint density at radius 1 is 1.60 bits per heavy atom. The number of nitrogens with zero attached hydrogens (tertiary/aromatic N) is 3. The van der Waals surface area contributed by atoms with Crippen LogP contribution in [0, 0.1) is 5.92 Å². The van der Waals surface area contributed by atoms with E-state index in [9.17, 15) is 0 Å².